The van der Waals surface area contributed by atoms with Gasteiger partial charge < -0.3 is 5.73 Å². The first-order valence-corrected chi connectivity index (χ1v) is 5.91. The molecule has 98 valence electrons. The maximum absolute atomic E-state index is 13.1. The molecule has 0 aliphatic carbocycles. The summed E-state index contributed by atoms with van der Waals surface area (Å²) in [6.07, 6.45) is 0. The Balaban J connectivity index is 2.51. The van der Waals surface area contributed by atoms with Crippen LogP contribution in [0.25, 0.3) is 0 Å². The van der Waals surface area contributed by atoms with Crippen LogP contribution in [0.3, 0.4) is 0 Å². The minimum atomic E-state index is -0.599. The topological polar surface area (TPSA) is 46.3 Å². The van der Waals surface area contributed by atoms with Crippen molar-refractivity contribution in [3.63, 3.8) is 0 Å². The molecule has 0 radical (unpaired) electrons. The van der Waals surface area contributed by atoms with Crippen molar-refractivity contribution in [1.82, 2.24) is 0 Å². The van der Waals surface area contributed by atoms with Crippen molar-refractivity contribution < 1.29 is 9.18 Å². The molecule has 0 aliphatic heterocycles. The smallest absolute Gasteiger partial charge is 0.323 e. The third-order valence-electron chi connectivity index (χ3n) is 2.91. The second-order valence-electron chi connectivity index (χ2n) is 4.44. The lowest BCUT2D eigenvalue weighted by Crippen LogP contribution is -2.31. The molecule has 3 nitrogen and oxygen atoms in total. The summed E-state index contributed by atoms with van der Waals surface area (Å²) in [5.41, 5.74) is 8.42. The molecule has 0 heterocycles. The van der Waals surface area contributed by atoms with E-state index in [0.29, 0.717) is 16.9 Å². The number of halogens is 1. The van der Waals surface area contributed by atoms with E-state index < -0.39 is 6.03 Å². The number of urea groups is 1. The Labute approximate surface area is 111 Å². The fourth-order valence-electron chi connectivity index (χ4n) is 1.95. The zero-order valence-corrected chi connectivity index (χ0v) is 10.9. The Morgan fingerprint density at radius 3 is 2.26 bits per heavy atom. The molecule has 2 aromatic rings. The number of amides is 2. The number of nitrogens with two attached hydrogens (primary N) is 1. The van der Waals surface area contributed by atoms with Crippen molar-refractivity contribution in [2.75, 3.05) is 4.90 Å². The van der Waals surface area contributed by atoms with Crippen molar-refractivity contribution in [3.05, 3.63) is 59.4 Å². The minimum Gasteiger partial charge on any atom is -0.351 e. The van der Waals surface area contributed by atoms with E-state index in [1.54, 1.807) is 13.0 Å². The summed E-state index contributed by atoms with van der Waals surface area (Å²) in [7, 11) is 0. The van der Waals surface area contributed by atoms with Gasteiger partial charge in [-0.05, 0) is 49.7 Å². The molecule has 0 saturated heterocycles. The Bertz CT molecular complexity index is 608. The summed E-state index contributed by atoms with van der Waals surface area (Å²) in [4.78, 5) is 13.0. The van der Waals surface area contributed by atoms with E-state index >= 15 is 0 Å². The number of carbonyl (C=O) groups is 1. The number of carbonyl (C=O) groups excluding carboxylic acids is 1. The number of anilines is 2. The second-order valence-corrected chi connectivity index (χ2v) is 4.44. The molecule has 4 heteroatoms. The van der Waals surface area contributed by atoms with E-state index in [9.17, 15) is 9.18 Å². The molecular formula is C15H15FN2O. The largest absolute Gasteiger partial charge is 0.351 e. The highest BCUT2D eigenvalue weighted by Crippen LogP contribution is 2.28. The summed E-state index contributed by atoms with van der Waals surface area (Å²) in [5, 5.41) is 0. The van der Waals surface area contributed by atoms with Gasteiger partial charge in [-0.25, -0.2) is 9.18 Å². The quantitative estimate of drug-likeness (QED) is 0.877. The Morgan fingerprint density at radius 1 is 1.11 bits per heavy atom. The molecule has 0 spiro atoms. The molecule has 19 heavy (non-hydrogen) atoms. The van der Waals surface area contributed by atoms with Crippen LogP contribution in [0.5, 0.6) is 0 Å². The number of benzene rings is 2. The van der Waals surface area contributed by atoms with Gasteiger partial charge >= 0.3 is 6.03 Å². The van der Waals surface area contributed by atoms with Gasteiger partial charge in [0.05, 0.1) is 11.4 Å². The van der Waals surface area contributed by atoms with Crippen LogP contribution in [0.15, 0.2) is 42.5 Å². The van der Waals surface area contributed by atoms with E-state index in [2.05, 4.69) is 0 Å². The number of hydrogen-bond acceptors (Lipinski definition) is 1. The van der Waals surface area contributed by atoms with Crippen molar-refractivity contribution >= 4 is 17.4 Å². The first kappa shape index (κ1) is 13.1. The third-order valence-corrected chi connectivity index (χ3v) is 2.91. The van der Waals surface area contributed by atoms with Gasteiger partial charge in [0.25, 0.3) is 0 Å². The minimum absolute atomic E-state index is 0.338. The van der Waals surface area contributed by atoms with E-state index in [-0.39, 0.29) is 5.82 Å². The van der Waals surface area contributed by atoms with Crippen LogP contribution in [-0.4, -0.2) is 6.03 Å². The van der Waals surface area contributed by atoms with Crippen LogP contribution in [0.4, 0.5) is 20.6 Å². The van der Waals surface area contributed by atoms with Crippen molar-refractivity contribution in [3.8, 4) is 0 Å². The number of primary amides is 1. The lowest BCUT2D eigenvalue weighted by molar-refractivity contribution is 0.256. The normalized spacial score (nSPS) is 10.3. The van der Waals surface area contributed by atoms with Crippen molar-refractivity contribution in [1.29, 1.82) is 0 Å². The zero-order valence-electron chi connectivity index (χ0n) is 10.9. The van der Waals surface area contributed by atoms with Gasteiger partial charge in [0.1, 0.15) is 5.82 Å². The van der Waals surface area contributed by atoms with E-state index in [1.807, 2.05) is 31.2 Å². The predicted octanol–water partition coefficient (Wildman–Crippen LogP) is 3.66. The van der Waals surface area contributed by atoms with E-state index in [0.717, 1.165) is 5.56 Å². The van der Waals surface area contributed by atoms with Gasteiger partial charge in [0.2, 0.25) is 0 Å². The highest BCUT2D eigenvalue weighted by molar-refractivity contribution is 5.99. The van der Waals surface area contributed by atoms with E-state index in [4.69, 9.17) is 5.73 Å². The number of nitrogens with zero attached hydrogens (tertiary/aromatic N) is 1. The molecular weight excluding hydrogens is 243 g/mol. The molecule has 0 aliphatic rings. The first-order valence-electron chi connectivity index (χ1n) is 5.91. The van der Waals surface area contributed by atoms with Crippen LogP contribution in [0, 0.1) is 19.7 Å². The number of hydrogen-bond donors (Lipinski definition) is 1. The third kappa shape index (κ3) is 2.73. The summed E-state index contributed by atoms with van der Waals surface area (Å²) in [6, 6.07) is 11.0. The van der Waals surface area contributed by atoms with Gasteiger partial charge in [0.15, 0.2) is 0 Å². The summed E-state index contributed by atoms with van der Waals surface area (Å²) in [6.45, 7) is 3.70. The fraction of sp³-hybridized carbons (Fsp3) is 0.133. The van der Waals surface area contributed by atoms with Crippen LogP contribution in [0.2, 0.25) is 0 Å². The second kappa shape index (κ2) is 5.10. The molecule has 2 N–H and O–H groups in total. The van der Waals surface area contributed by atoms with Gasteiger partial charge in [-0.15, -0.1) is 0 Å². The number of rotatable bonds is 2. The van der Waals surface area contributed by atoms with E-state index in [1.165, 1.54) is 17.0 Å². The average Bonchev–Trinajstić information content (AvgIpc) is 2.34. The van der Waals surface area contributed by atoms with Gasteiger partial charge in [0, 0.05) is 0 Å². The molecule has 0 atom stereocenters. The first-order chi connectivity index (χ1) is 8.99. The maximum atomic E-state index is 13.1. The Kier molecular flexibility index (Phi) is 3.51. The van der Waals surface area contributed by atoms with Crippen molar-refractivity contribution in [2.45, 2.75) is 13.8 Å². The lowest BCUT2D eigenvalue weighted by Gasteiger charge is -2.22. The summed E-state index contributed by atoms with van der Waals surface area (Å²) < 4.78 is 13.1. The SMILES string of the molecule is Cc1ccc(N(C(N)=O)c2ccc(F)cc2C)cc1. The average molecular weight is 258 g/mol. The van der Waals surface area contributed by atoms with Crippen LogP contribution in [0.1, 0.15) is 11.1 Å². The standard InChI is InChI=1S/C15H15FN2O/c1-10-3-6-13(7-4-10)18(15(17)19)14-8-5-12(16)9-11(14)2/h3-9H,1-2H3,(H2,17,19). The maximum Gasteiger partial charge on any atom is 0.323 e. The highest BCUT2D eigenvalue weighted by Gasteiger charge is 2.17. The number of aryl methyl sites for hydroxylation is 2. The zero-order chi connectivity index (χ0) is 14.0. The van der Waals surface area contributed by atoms with Crippen molar-refractivity contribution in [2.24, 2.45) is 5.73 Å². The Hall–Kier alpha value is -2.36. The molecule has 0 saturated carbocycles. The molecule has 0 aromatic heterocycles. The highest BCUT2D eigenvalue weighted by atomic mass is 19.1. The van der Waals surface area contributed by atoms with Crippen LogP contribution >= 0.6 is 0 Å². The van der Waals surface area contributed by atoms with Gasteiger partial charge in [-0.3, -0.25) is 4.90 Å². The summed E-state index contributed by atoms with van der Waals surface area (Å²) in [5.74, 6) is -0.338. The molecule has 2 aromatic carbocycles. The molecule has 0 fully saturated rings. The lowest BCUT2D eigenvalue weighted by atomic mass is 10.1. The van der Waals surface area contributed by atoms with Gasteiger partial charge in [-0.1, -0.05) is 17.7 Å². The van der Waals surface area contributed by atoms with Gasteiger partial charge in [-0.2, -0.15) is 0 Å². The predicted molar refractivity (Wildman–Crippen MR) is 74.0 cm³/mol. The summed E-state index contributed by atoms with van der Waals surface area (Å²) >= 11 is 0. The van der Waals surface area contributed by atoms with Crippen LogP contribution in [-0.2, 0) is 0 Å². The molecule has 0 bridgehead atoms. The molecule has 0 unspecified atom stereocenters. The Morgan fingerprint density at radius 2 is 1.74 bits per heavy atom. The molecule has 2 amide bonds. The molecule has 2 rings (SSSR count). The van der Waals surface area contributed by atoms with Crippen LogP contribution < -0.4 is 10.6 Å². The monoisotopic (exact) mass is 258 g/mol. The fourth-order valence-corrected chi connectivity index (χ4v) is 1.95.